The van der Waals surface area contributed by atoms with Crippen molar-refractivity contribution in [3.63, 3.8) is 0 Å². The number of hydrogen-bond acceptors (Lipinski definition) is 7. The smallest absolute Gasteiger partial charge is 0.247 e. The second kappa shape index (κ2) is 10.9. The molecular formula is C26H26Cl2N6O2S. The van der Waals surface area contributed by atoms with Gasteiger partial charge in [-0.05, 0) is 86.4 Å². The van der Waals surface area contributed by atoms with E-state index in [0.717, 1.165) is 36.3 Å². The van der Waals surface area contributed by atoms with Gasteiger partial charge in [0.15, 0.2) is 0 Å². The first-order valence-corrected chi connectivity index (χ1v) is 14.2. The predicted octanol–water partition coefficient (Wildman–Crippen LogP) is 5.42. The molecule has 1 fully saturated rings. The van der Waals surface area contributed by atoms with Gasteiger partial charge in [0, 0.05) is 24.3 Å². The average molecular weight is 558 g/mol. The van der Waals surface area contributed by atoms with Gasteiger partial charge in [-0.2, -0.15) is 0 Å². The Labute approximate surface area is 226 Å². The summed E-state index contributed by atoms with van der Waals surface area (Å²) in [4.78, 5) is 7.05. The van der Waals surface area contributed by atoms with Crippen LogP contribution in [0.1, 0.15) is 18.4 Å². The zero-order valence-electron chi connectivity index (χ0n) is 20.2. The van der Waals surface area contributed by atoms with Gasteiger partial charge < -0.3 is 10.2 Å². The van der Waals surface area contributed by atoms with E-state index in [9.17, 15) is 8.42 Å². The van der Waals surface area contributed by atoms with Crippen LogP contribution in [0.15, 0.2) is 59.5 Å². The van der Waals surface area contributed by atoms with Crippen molar-refractivity contribution < 1.29 is 8.42 Å². The minimum absolute atomic E-state index is 0.208. The average Bonchev–Trinajstić information content (AvgIpc) is 3.39. The topological polar surface area (TPSA) is 100 Å². The summed E-state index contributed by atoms with van der Waals surface area (Å²) in [6.45, 7) is 5.15. The molecule has 4 aromatic rings. The molecule has 0 unspecified atom stereocenters. The molecule has 0 atom stereocenters. The van der Waals surface area contributed by atoms with Crippen LogP contribution >= 0.6 is 23.2 Å². The SMILES string of the molecule is Cc1cc2nc(Nc3ccc(S(=O)(=O)NCCN4CCCC4)cc3)nnc2cc1-c1cccc(Cl)c1Cl. The molecule has 0 bridgehead atoms. The van der Waals surface area contributed by atoms with Crippen molar-refractivity contribution in [2.45, 2.75) is 24.7 Å². The molecule has 0 saturated carbocycles. The highest BCUT2D eigenvalue weighted by atomic mass is 35.5. The van der Waals surface area contributed by atoms with Crippen molar-refractivity contribution in [2.75, 3.05) is 31.5 Å². The van der Waals surface area contributed by atoms with Crippen LogP contribution in [0.2, 0.25) is 10.0 Å². The number of anilines is 2. The lowest BCUT2D eigenvalue weighted by Gasteiger charge is -2.15. The fourth-order valence-corrected chi connectivity index (χ4v) is 5.84. The van der Waals surface area contributed by atoms with Gasteiger partial charge in [-0.1, -0.05) is 35.3 Å². The number of nitrogens with zero attached hydrogens (tertiary/aromatic N) is 4. The Morgan fingerprint density at radius 1 is 0.946 bits per heavy atom. The van der Waals surface area contributed by atoms with Crippen LogP contribution in [0.25, 0.3) is 22.2 Å². The molecule has 0 spiro atoms. The Balaban J connectivity index is 1.29. The standard InChI is InChI=1S/C26H26Cl2N6O2S/c1-17-15-23-24(16-21(17)20-5-4-6-22(27)25(20)28)32-33-26(31-23)30-18-7-9-19(10-8-18)37(35,36)29-11-14-34-12-2-3-13-34/h4-10,15-16,29H,2-3,11-14H2,1H3,(H,30,31,33). The number of sulfonamides is 1. The summed E-state index contributed by atoms with van der Waals surface area (Å²) in [5.74, 6) is 0.305. The molecule has 8 nitrogen and oxygen atoms in total. The minimum Gasteiger partial charge on any atom is -0.323 e. The number of nitrogens with one attached hydrogen (secondary N) is 2. The molecular weight excluding hydrogens is 531 g/mol. The molecule has 1 aliphatic rings. The van der Waals surface area contributed by atoms with Gasteiger partial charge in [0.05, 0.1) is 20.5 Å². The summed E-state index contributed by atoms with van der Waals surface area (Å²) in [5.41, 5.74) is 4.62. The third kappa shape index (κ3) is 5.86. The lowest BCUT2D eigenvalue weighted by Crippen LogP contribution is -2.33. The Bertz CT molecular complexity index is 1540. The third-order valence-corrected chi connectivity index (χ3v) is 8.68. The van der Waals surface area contributed by atoms with Crippen LogP contribution in [0, 0.1) is 6.92 Å². The maximum Gasteiger partial charge on any atom is 0.247 e. The lowest BCUT2D eigenvalue weighted by molar-refractivity contribution is 0.344. The van der Waals surface area contributed by atoms with Gasteiger partial charge in [-0.3, -0.25) is 0 Å². The maximum atomic E-state index is 12.6. The van der Waals surface area contributed by atoms with Crippen molar-refractivity contribution >= 4 is 55.9 Å². The zero-order valence-corrected chi connectivity index (χ0v) is 22.5. The van der Waals surface area contributed by atoms with E-state index in [0.29, 0.717) is 39.3 Å². The summed E-state index contributed by atoms with van der Waals surface area (Å²) in [6, 6.07) is 15.8. The Morgan fingerprint density at radius 3 is 2.46 bits per heavy atom. The van der Waals surface area contributed by atoms with Gasteiger partial charge in [0.1, 0.15) is 5.52 Å². The number of hydrogen-bond donors (Lipinski definition) is 2. The second-order valence-corrected chi connectivity index (χ2v) is 11.5. The number of fused-ring (bicyclic) bond motifs is 1. The number of aromatic nitrogens is 3. The van der Waals surface area contributed by atoms with Gasteiger partial charge >= 0.3 is 0 Å². The first-order valence-electron chi connectivity index (χ1n) is 12.0. The van der Waals surface area contributed by atoms with Gasteiger partial charge in [0.25, 0.3) is 0 Å². The molecule has 1 saturated heterocycles. The number of benzene rings is 3. The predicted molar refractivity (Wildman–Crippen MR) is 148 cm³/mol. The lowest BCUT2D eigenvalue weighted by atomic mass is 9.99. The second-order valence-electron chi connectivity index (χ2n) is 8.99. The van der Waals surface area contributed by atoms with Crippen LogP contribution in [-0.4, -0.2) is 54.7 Å². The van der Waals surface area contributed by atoms with Crippen molar-refractivity contribution in [1.82, 2.24) is 24.8 Å². The van der Waals surface area contributed by atoms with E-state index in [2.05, 4.69) is 30.1 Å². The number of rotatable bonds is 8. The molecule has 11 heteroatoms. The largest absolute Gasteiger partial charge is 0.323 e. The first kappa shape index (κ1) is 25.8. The molecule has 0 radical (unpaired) electrons. The van der Waals surface area contributed by atoms with Crippen molar-refractivity contribution in [3.8, 4) is 11.1 Å². The minimum atomic E-state index is -3.57. The molecule has 192 valence electrons. The molecule has 1 aliphatic heterocycles. The van der Waals surface area contributed by atoms with Crippen LogP contribution in [0.5, 0.6) is 0 Å². The Morgan fingerprint density at radius 2 is 1.70 bits per heavy atom. The van der Waals surface area contributed by atoms with Crippen molar-refractivity contribution in [3.05, 3.63) is 70.2 Å². The highest BCUT2D eigenvalue weighted by molar-refractivity contribution is 7.89. The molecule has 5 rings (SSSR count). The first-order chi connectivity index (χ1) is 17.8. The summed E-state index contributed by atoms with van der Waals surface area (Å²) >= 11 is 12.6. The fraction of sp³-hybridized carbons (Fsp3) is 0.269. The number of likely N-dealkylation sites (tertiary alicyclic amines) is 1. The van der Waals surface area contributed by atoms with E-state index in [4.69, 9.17) is 23.2 Å². The van der Waals surface area contributed by atoms with E-state index in [1.54, 1.807) is 30.3 Å². The van der Waals surface area contributed by atoms with Gasteiger partial charge in [-0.15, -0.1) is 10.2 Å². The van der Waals surface area contributed by atoms with E-state index in [1.807, 2.05) is 31.2 Å². The summed E-state index contributed by atoms with van der Waals surface area (Å²) in [6.07, 6.45) is 2.35. The zero-order chi connectivity index (χ0) is 26.0. The summed E-state index contributed by atoms with van der Waals surface area (Å²) < 4.78 is 27.9. The molecule has 0 aliphatic carbocycles. The van der Waals surface area contributed by atoms with E-state index < -0.39 is 10.0 Å². The molecule has 0 amide bonds. The van der Waals surface area contributed by atoms with Crippen molar-refractivity contribution in [2.24, 2.45) is 0 Å². The molecule has 2 N–H and O–H groups in total. The van der Waals surface area contributed by atoms with Crippen molar-refractivity contribution in [1.29, 1.82) is 0 Å². The van der Waals surface area contributed by atoms with Crippen LogP contribution < -0.4 is 10.0 Å². The van der Waals surface area contributed by atoms with E-state index >= 15 is 0 Å². The van der Waals surface area contributed by atoms with E-state index in [-0.39, 0.29) is 4.90 Å². The monoisotopic (exact) mass is 556 g/mol. The maximum absolute atomic E-state index is 12.6. The summed E-state index contributed by atoms with van der Waals surface area (Å²) in [5, 5.41) is 12.6. The fourth-order valence-electron chi connectivity index (χ4n) is 4.42. The van der Waals surface area contributed by atoms with E-state index in [1.165, 1.54) is 12.8 Å². The highest BCUT2D eigenvalue weighted by Crippen LogP contribution is 2.36. The molecule has 1 aromatic heterocycles. The van der Waals surface area contributed by atoms with Gasteiger partial charge in [-0.25, -0.2) is 18.1 Å². The normalized spacial score (nSPS) is 14.4. The molecule has 2 heterocycles. The third-order valence-electron chi connectivity index (χ3n) is 6.38. The summed E-state index contributed by atoms with van der Waals surface area (Å²) in [7, 11) is -3.57. The van der Waals surface area contributed by atoms with Gasteiger partial charge in [0.2, 0.25) is 16.0 Å². The Kier molecular flexibility index (Phi) is 7.60. The molecule has 37 heavy (non-hydrogen) atoms. The Hall–Kier alpha value is -2.82. The van der Waals surface area contributed by atoms with Crippen LogP contribution in [-0.2, 0) is 10.0 Å². The highest BCUT2D eigenvalue weighted by Gasteiger charge is 2.16. The molecule has 3 aromatic carbocycles. The number of aryl methyl sites for hydroxylation is 1. The quantitative estimate of drug-likeness (QED) is 0.298. The van der Waals surface area contributed by atoms with Crippen LogP contribution in [0.3, 0.4) is 0 Å². The number of halogens is 2. The van der Waals surface area contributed by atoms with Crippen LogP contribution in [0.4, 0.5) is 11.6 Å².